The van der Waals surface area contributed by atoms with E-state index >= 15 is 0 Å². The first-order chi connectivity index (χ1) is 15.2. The standard InChI is InChI=1S/C23H21F3N2O3S/c1-3-31-18-12-19(15-7-5-4-6-8-15)32-20(18)22(30)28-17-11-16(10-9-14(17)2)21(29)27-13-23(24,25)26/h4-12H,3,13H2,1-2H3,(H,27,29)(H,28,30). The maximum atomic E-state index is 13.0. The maximum Gasteiger partial charge on any atom is 0.405 e. The zero-order valence-electron chi connectivity index (χ0n) is 17.4. The van der Waals surface area contributed by atoms with E-state index in [1.54, 1.807) is 19.1 Å². The monoisotopic (exact) mass is 462 g/mol. The van der Waals surface area contributed by atoms with Crippen molar-refractivity contribution in [2.75, 3.05) is 18.5 Å². The third-order valence-electron chi connectivity index (χ3n) is 4.46. The first-order valence-electron chi connectivity index (χ1n) is 9.77. The van der Waals surface area contributed by atoms with Crippen molar-refractivity contribution in [1.82, 2.24) is 5.32 Å². The fourth-order valence-electron chi connectivity index (χ4n) is 2.90. The molecule has 0 unspecified atom stereocenters. The SMILES string of the molecule is CCOc1cc(-c2ccccc2)sc1C(=O)Nc1cc(C(=O)NCC(F)(F)F)ccc1C. The molecule has 0 saturated heterocycles. The Bertz CT molecular complexity index is 1110. The average Bonchev–Trinajstić information content (AvgIpc) is 3.18. The summed E-state index contributed by atoms with van der Waals surface area (Å²) in [6.07, 6.45) is -4.51. The van der Waals surface area contributed by atoms with Crippen LogP contribution in [-0.4, -0.2) is 31.1 Å². The molecule has 0 bridgehead atoms. The van der Waals surface area contributed by atoms with Crippen molar-refractivity contribution in [2.45, 2.75) is 20.0 Å². The van der Waals surface area contributed by atoms with Crippen LogP contribution in [-0.2, 0) is 0 Å². The molecule has 0 aliphatic rings. The molecule has 32 heavy (non-hydrogen) atoms. The Morgan fingerprint density at radius 2 is 1.75 bits per heavy atom. The third-order valence-corrected chi connectivity index (χ3v) is 5.62. The van der Waals surface area contributed by atoms with Crippen LogP contribution < -0.4 is 15.4 Å². The number of halogens is 3. The van der Waals surface area contributed by atoms with Crippen molar-refractivity contribution in [2.24, 2.45) is 0 Å². The summed E-state index contributed by atoms with van der Waals surface area (Å²) in [5.74, 6) is -0.877. The molecule has 2 aromatic carbocycles. The summed E-state index contributed by atoms with van der Waals surface area (Å²) in [5.41, 5.74) is 1.93. The summed E-state index contributed by atoms with van der Waals surface area (Å²) >= 11 is 1.27. The minimum atomic E-state index is -4.51. The van der Waals surface area contributed by atoms with Crippen LogP contribution in [0, 0.1) is 6.92 Å². The summed E-state index contributed by atoms with van der Waals surface area (Å²) < 4.78 is 42.8. The van der Waals surface area contributed by atoms with Gasteiger partial charge in [0.2, 0.25) is 0 Å². The zero-order valence-corrected chi connectivity index (χ0v) is 18.2. The molecular formula is C23H21F3N2O3S. The number of alkyl halides is 3. The largest absolute Gasteiger partial charge is 0.492 e. The van der Waals surface area contributed by atoms with Crippen LogP contribution in [0.3, 0.4) is 0 Å². The Labute approximate surface area is 187 Å². The highest BCUT2D eigenvalue weighted by Crippen LogP contribution is 2.37. The molecule has 1 heterocycles. The summed E-state index contributed by atoms with van der Waals surface area (Å²) in [5, 5.41) is 4.57. The lowest BCUT2D eigenvalue weighted by atomic mass is 10.1. The lowest BCUT2D eigenvalue weighted by molar-refractivity contribution is -0.123. The number of carbonyl (C=O) groups excluding carboxylic acids is 2. The van der Waals surface area contributed by atoms with Gasteiger partial charge in [0.15, 0.2) is 0 Å². The summed E-state index contributed by atoms with van der Waals surface area (Å²) in [6, 6.07) is 15.7. The molecule has 0 radical (unpaired) electrons. The van der Waals surface area contributed by atoms with Crippen LogP contribution in [0.4, 0.5) is 18.9 Å². The topological polar surface area (TPSA) is 67.4 Å². The van der Waals surface area contributed by atoms with Crippen LogP contribution in [0.2, 0.25) is 0 Å². The van der Waals surface area contributed by atoms with E-state index in [4.69, 9.17) is 4.74 Å². The van der Waals surface area contributed by atoms with Gasteiger partial charge < -0.3 is 15.4 Å². The number of thiophene rings is 1. The van der Waals surface area contributed by atoms with Crippen molar-refractivity contribution in [3.8, 4) is 16.2 Å². The van der Waals surface area contributed by atoms with Gasteiger partial charge >= 0.3 is 6.18 Å². The van der Waals surface area contributed by atoms with Gasteiger partial charge in [-0.1, -0.05) is 36.4 Å². The van der Waals surface area contributed by atoms with Gasteiger partial charge in [-0.3, -0.25) is 9.59 Å². The number of amides is 2. The molecule has 0 spiro atoms. The van der Waals surface area contributed by atoms with Gasteiger partial charge in [-0.2, -0.15) is 13.2 Å². The predicted octanol–water partition coefficient (Wildman–Crippen LogP) is 5.67. The number of nitrogens with one attached hydrogen (secondary N) is 2. The number of hydrogen-bond acceptors (Lipinski definition) is 4. The summed E-state index contributed by atoms with van der Waals surface area (Å²) in [7, 11) is 0. The van der Waals surface area contributed by atoms with E-state index < -0.39 is 24.5 Å². The van der Waals surface area contributed by atoms with Crippen molar-refractivity contribution in [3.05, 3.63) is 70.6 Å². The van der Waals surface area contributed by atoms with Gasteiger partial charge in [0.05, 0.1) is 6.61 Å². The van der Waals surface area contributed by atoms with E-state index in [1.807, 2.05) is 42.6 Å². The molecular weight excluding hydrogens is 441 g/mol. The fraction of sp³-hybridized carbons (Fsp3) is 0.217. The summed E-state index contributed by atoms with van der Waals surface area (Å²) in [6.45, 7) is 2.48. The number of carbonyl (C=O) groups is 2. The number of hydrogen-bond donors (Lipinski definition) is 2. The van der Waals surface area contributed by atoms with Gasteiger partial charge in [0.1, 0.15) is 17.2 Å². The molecule has 5 nitrogen and oxygen atoms in total. The van der Waals surface area contributed by atoms with Crippen LogP contribution in [0.5, 0.6) is 5.75 Å². The maximum absolute atomic E-state index is 13.0. The van der Waals surface area contributed by atoms with Crippen LogP contribution in [0.15, 0.2) is 54.6 Å². The van der Waals surface area contributed by atoms with E-state index in [-0.39, 0.29) is 5.56 Å². The number of rotatable bonds is 7. The quantitative estimate of drug-likeness (QED) is 0.476. The molecule has 0 atom stereocenters. The molecule has 168 valence electrons. The molecule has 0 aliphatic carbocycles. The highest BCUT2D eigenvalue weighted by Gasteiger charge is 2.28. The lowest BCUT2D eigenvalue weighted by Crippen LogP contribution is -2.33. The first-order valence-corrected chi connectivity index (χ1v) is 10.6. The van der Waals surface area contributed by atoms with Crippen molar-refractivity contribution < 1.29 is 27.5 Å². The van der Waals surface area contributed by atoms with E-state index in [0.29, 0.717) is 28.5 Å². The second-order valence-corrected chi connectivity index (χ2v) is 7.94. The van der Waals surface area contributed by atoms with E-state index in [9.17, 15) is 22.8 Å². The first kappa shape index (κ1) is 23.3. The lowest BCUT2D eigenvalue weighted by Gasteiger charge is -2.12. The number of benzene rings is 2. The fourth-order valence-corrected chi connectivity index (χ4v) is 3.90. The minimum Gasteiger partial charge on any atom is -0.492 e. The number of ether oxygens (including phenoxy) is 1. The molecule has 2 N–H and O–H groups in total. The molecule has 1 aromatic heterocycles. The van der Waals surface area contributed by atoms with Gasteiger partial charge in [-0.15, -0.1) is 11.3 Å². The number of aryl methyl sites for hydroxylation is 1. The second kappa shape index (κ2) is 9.86. The zero-order chi connectivity index (χ0) is 23.3. The Balaban J connectivity index is 1.84. The molecule has 0 aliphatic heterocycles. The Kier molecular flexibility index (Phi) is 7.19. The van der Waals surface area contributed by atoms with Crippen LogP contribution in [0.25, 0.3) is 10.4 Å². The van der Waals surface area contributed by atoms with Crippen LogP contribution >= 0.6 is 11.3 Å². The van der Waals surface area contributed by atoms with Gasteiger partial charge in [0, 0.05) is 16.1 Å². The highest BCUT2D eigenvalue weighted by molar-refractivity contribution is 7.17. The van der Waals surface area contributed by atoms with Crippen molar-refractivity contribution in [3.63, 3.8) is 0 Å². The smallest absolute Gasteiger partial charge is 0.405 e. The highest BCUT2D eigenvalue weighted by atomic mass is 32.1. The normalized spacial score (nSPS) is 11.2. The van der Waals surface area contributed by atoms with Gasteiger partial charge in [0.25, 0.3) is 11.8 Å². The molecule has 2 amide bonds. The van der Waals surface area contributed by atoms with E-state index in [2.05, 4.69) is 5.32 Å². The molecule has 3 aromatic rings. The van der Waals surface area contributed by atoms with Crippen molar-refractivity contribution in [1.29, 1.82) is 0 Å². The molecule has 0 saturated carbocycles. The summed E-state index contributed by atoms with van der Waals surface area (Å²) in [4.78, 5) is 26.3. The number of anilines is 1. The Morgan fingerprint density at radius 1 is 1.03 bits per heavy atom. The van der Waals surface area contributed by atoms with Crippen molar-refractivity contribution >= 4 is 28.8 Å². The molecule has 3 rings (SSSR count). The van der Waals surface area contributed by atoms with E-state index in [1.165, 1.54) is 23.5 Å². The Hall–Kier alpha value is -3.33. The van der Waals surface area contributed by atoms with Crippen LogP contribution in [0.1, 0.15) is 32.5 Å². The van der Waals surface area contributed by atoms with Gasteiger partial charge in [-0.25, -0.2) is 0 Å². The minimum absolute atomic E-state index is 0.0105. The molecule has 0 fully saturated rings. The predicted molar refractivity (Wildman–Crippen MR) is 118 cm³/mol. The third kappa shape index (κ3) is 5.88. The average molecular weight is 462 g/mol. The van der Waals surface area contributed by atoms with Gasteiger partial charge in [-0.05, 0) is 43.2 Å². The van der Waals surface area contributed by atoms with E-state index in [0.717, 1.165) is 10.4 Å². The molecule has 9 heteroatoms. The Morgan fingerprint density at radius 3 is 2.41 bits per heavy atom. The second-order valence-electron chi connectivity index (χ2n) is 6.88.